The molecule has 0 radical (unpaired) electrons. The van der Waals surface area contributed by atoms with Gasteiger partial charge in [0.2, 0.25) is 0 Å². The minimum Gasteiger partial charge on any atom is -0.336 e. The van der Waals surface area contributed by atoms with Crippen LogP contribution in [0.25, 0.3) is 11.1 Å². The van der Waals surface area contributed by atoms with Crippen molar-refractivity contribution in [2.75, 3.05) is 4.72 Å². The zero-order chi connectivity index (χ0) is 21.1. The van der Waals surface area contributed by atoms with Crippen LogP contribution < -0.4 is 4.72 Å². The maximum absolute atomic E-state index is 12.6. The Morgan fingerprint density at radius 1 is 0.867 bits per heavy atom. The molecule has 0 aliphatic carbocycles. The Labute approximate surface area is 183 Å². The molecule has 1 aromatic heterocycles. The maximum Gasteiger partial charge on any atom is 0.264 e. The van der Waals surface area contributed by atoms with Gasteiger partial charge in [0.25, 0.3) is 15.9 Å². The zero-order valence-electron chi connectivity index (χ0n) is 16.2. The Kier molecular flexibility index (Phi) is 5.74. The van der Waals surface area contributed by atoms with E-state index in [9.17, 15) is 8.42 Å². The van der Waals surface area contributed by atoms with Gasteiger partial charge in [-0.2, -0.15) is 0 Å². The molecule has 4 aromatic rings. The molecule has 1 heterocycles. The molecule has 0 saturated carbocycles. The van der Waals surface area contributed by atoms with Gasteiger partial charge in [0.15, 0.2) is 0 Å². The lowest BCUT2D eigenvalue weighted by Crippen LogP contribution is -2.12. The monoisotopic (exact) mass is 482 g/mol. The van der Waals surface area contributed by atoms with Crippen molar-refractivity contribution in [1.82, 2.24) is 5.16 Å². The van der Waals surface area contributed by atoms with Crippen molar-refractivity contribution in [2.24, 2.45) is 0 Å². The highest BCUT2D eigenvalue weighted by atomic mass is 79.9. The van der Waals surface area contributed by atoms with E-state index in [0.29, 0.717) is 10.2 Å². The van der Waals surface area contributed by atoms with Crippen molar-refractivity contribution in [2.45, 2.75) is 18.2 Å². The van der Waals surface area contributed by atoms with Gasteiger partial charge < -0.3 is 4.52 Å². The van der Waals surface area contributed by atoms with Gasteiger partial charge in [-0.1, -0.05) is 71.9 Å². The van der Waals surface area contributed by atoms with Gasteiger partial charge in [-0.15, -0.1) is 0 Å². The van der Waals surface area contributed by atoms with Crippen molar-refractivity contribution in [1.29, 1.82) is 0 Å². The highest BCUT2D eigenvalue weighted by Crippen LogP contribution is 2.28. The Bertz CT molecular complexity index is 1250. The molecule has 0 saturated heterocycles. The Morgan fingerprint density at radius 3 is 2.00 bits per heavy atom. The van der Waals surface area contributed by atoms with Crippen LogP contribution in [0.3, 0.4) is 0 Å². The summed E-state index contributed by atoms with van der Waals surface area (Å²) in [7, 11) is -3.78. The summed E-state index contributed by atoms with van der Waals surface area (Å²) in [6, 6.07) is 25.3. The van der Waals surface area contributed by atoms with Gasteiger partial charge in [0.1, 0.15) is 4.47 Å². The van der Waals surface area contributed by atoms with E-state index in [0.717, 1.165) is 17.5 Å². The van der Waals surface area contributed by atoms with E-state index in [-0.39, 0.29) is 10.8 Å². The molecule has 0 spiro atoms. The third kappa shape index (κ3) is 4.47. The van der Waals surface area contributed by atoms with E-state index >= 15 is 0 Å². The van der Waals surface area contributed by atoms with Crippen molar-refractivity contribution in [3.63, 3.8) is 0 Å². The molecule has 4 rings (SSSR count). The van der Waals surface area contributed by atoms with Crippen LogP contribution in [0.4, 0.5) is 5.88 Å². The molecule has 7 heteroatoms. The molecule has 0 bridgehead atoms. The number of aromatic nitrogens is 1. The minimum absolute atomic E-state index is 0.0607. The molecule has 0 atom stereocenters. The molecule has 3 aromatic carbocycles. The number of hydrogen-bond donors (Lipinski definition) is 1. The van der Waals surface area contributed by atoms with E-state index in [2.05, 4.69) is 62.2 Å². The fourth-order valence-electron chi connectivity index (χ4n) is 3.08. The normalized spacial score (nSPS) is 11.4. The second kappa shape index (κ2) is 8.45. The summed E-state index contributed by atoms with van der Waals surface area (Å²) in [4.78, 5) is 0.146. The predicted octanol–water partition coefficient (Wildman–Crippen LogP) is 5.80. The van der Waals surface area contributed by atoms with E-state index in [1.165, 1.54) is 11.1 Å². The van der Waals surface area contributed by atoms with Gasteiger partial charge >= 0.3 is 0 Å². The summed E-state index contributed by atoms with van der Waals surface area (Å²) in [5.74, 6) is 0.0607. The number of benzene rings is 3. The maximum atomic E-state index is 12.6. The van der Waals surface area contributed by atoms with Crippen LogP contribution in [-0.4, -0.2) is 13.6 Å². The summed E-state index contributed by atoms with van der Waals surface area (Å²) >= 11 is 3.26. The van der Waals surface area contributed by atoms with Crippen LogP contribution in [0.5, 0.6) is 0 Å². The number of halogens is 1. The number of hydrogen-bond acceptors (Lipinski definition) is 4. The van der Waals surface area contributed by atoms with Gasteiger partial charge in [-0.05, 0) is 63.7 Å². The first kappa shape index (κ1) is 20.4. The molecule has 0 fully saturated rings. The first-order chi connectivity index (χ1) is 14.4. The van der Waals surface area contributed by atoms with Crippen molar-refractivity contribution in [3.05, 3.63) is 100 Å². The number of anilines is 1. The van der Waals surface area contributed by atoms with Crippen LogP contribution in [0.1, 0.15) is 16.8 Å². The second-order valence-corrected chi connectivity index (χ2v) is 9.38. The molecule has 5 nitrogen and oxygen atoms in total. The Hall–Kier alpha value is -2.90. The molecular formula is C23H19BrN2O3S. The van der Waals surface area contributed by atoms with Crippen molar-refractivity contribution >= 4 is 31.8 Å². The highest BCUT2D eigenvalue weighted by molar-refractivity contribution is 9.10. The number of sulfonamides is 1. The van der Waals surface area contributed by atoms with Gasteiger partial charge in [0.05, 0.1) is 10.6 Å². The molecule has 1 N–H and O–H groups in total. The number of rotatable bonds is 6. The van der Waals surface area contributed by atoms with Crippen LogP contribution in [0, 0.1) is 6.92 Å². The van der Waals surface area contributed by atoms with Crippen LogP contribution >= 0.6 is 15.9 Å². The Morgan fingerprint density at radius 2 is 1.43 bits per heavy atom. The fraction of sp³-hybridized carbons (Fsp3) is 0.0870. The van der Waals surface area contributed by atoms with Crippen molar-refractivity contribution in [3.8, 4) is 11.1 Å². The molecule has 0 aliphatic rings. The number of nitrogens with zero attached hydrogens (tertiary/aromatic N) is 1. The highest BCUT2D eigenvalue weighted by Gasteiger charge is 2.20. The lowest BCUT2D eigenvalue weighted by atomic mass is 10.0. The van der Waals surface area contributed by atoms with Gasteiger partial charge in [0, 0.05) is 0 Å². The van der Waals surface area contributed by atoms with E-state index in [4.69, 9.17) is 4.52 Å². The topological polar surface area (TPSA) is 72.2 Å². The van der Waals surface area contributed by atoms with Crippen LogP contribution in [0.15, 0.2) is 92.8 Å². The summed E-state index contributed by atoms with van der Waals surface area (Å²) in [5.41, 5.74) is 5.02. The van der Waals surface area contributed by atoms with Crippen LogP contribution in [0.2, 0.25) is 0 Å². The SMILES string of the molecule is Cc1noc(NS(=O)(=O)c2ccc(-c3ccc(Cc4ccccc4)cc3)cc2)c1Br. The van der Waals surface area contributed by atoms with Gasteiger partial charge in [-0.25, -0.2) is 13.1 Å². The lowest BCUT2D eigenvalue weighted by Gasteiger charge is -2.08. The predicted molar refractivity (Wildman–Crippen MR) is 121 cm³/mol. The first-order valence-corrected chi connectivity index (χ1v) is 11.6. The van der Waals surface area contributed by atoms with E-state index in [1.807, 2.05) is 18.2 Å². The number of aryl methyl sites for hydroxylation is 1. The first-order valence-electron chi connectivity index (χ1n) is 9.30. The van der Waals surface area contributed by atoms with E-state index < -0.39 is 10.0 Å². The smallest absolute Gasteiger partial charge is 0.264 e. The van der Waals surface area contributed by atoms with Crippen LogP contribution in [-0.2, 0) is 16.4 Å². The number of nitrogens with one attached hydrogen (secondary N) is 1. The second-order valence-electron chi connectivity index (χ2n) is 6.90. The summed E-state index contributed by atoms with van der Waals surface area (Å²) < 4.78 is 33.1. The third-order valence-electron chi connectivity index (χ3n) is 4.72. The molecule has 152 valence electrons. The summed E-state index contributed by atoms with van der Waals surface area (Å²) in [5, 5.41) is 3.73. The third-order valence-corrected chi connectivity index (χ3v) is 7.00. The molecule has 0 amide bonds. The van der Waals surface area contributed by atoms with Crippen molar-refractivity contribution < 1.29 is 12.9 Å². The average molecular weight is 483 g/mol. The molecule has 30 heavy (non-hydrogen) atoms. The van der Waals surface area contributed by atoms with E-state index in [1.54, 1.807) is 31.2 Å². The molecule has 0 unspecified atom stereocenters. The quantitative estimate of drug-likeness (QED) is 0.376. The summed E-state index contributed by atoms with van der Waals surface area (Å²) in [6.45, 7) is 1.71. The minimum atomic E-state index is -3.78. The lowest BCUT2D eigenvalue weighted by molar-refractivity contribution is 0.430. The fourth-order valence-corrected chi connectivity index (χ4v) is 4.45. The average Bonchev–Trinajstić information content (AvgIpc) is 3.07. The standard InChI is InChI=1S/C23H19BrN2O3S/c1-16-22(24)23(29-25-16)26-30(27,28)21-13-11-20(12-14-21)19-9-7-18(8-10-19)15-17-5-3-2-4-6-17/h2-14,26H,15H2,1H3. The Balaban J connectivity index is 1.49. The molecular weight excluding hydrogens is 464 g/mol. The molecule has 0 aliphatic heterocycles. The summed E-state index contributed by atoms with van der Waals surface area (Å²) in [6.07, 6.45) is 0.876. The van der Waals surface area contributed by atoms with Gasteiger partial charge in [-0.3, -0.25) is 0 Å². The zero-order valence-corrected chi connectivity index (χ0v) is 18.6. The largest absolute Gasteiger partial charge is 0.336 e.